The smallest absolute Gasteiger partial charge is 0.416 e. The minimum Gasteiger partial charge on any atom is -0.508 e. The molecule has 0 saturated carbocycles. The highest BCUT2D eigenvalue weighted by Gasteiger charge is 2.37. The van der Waals surface area contributed by atoms with Gasteiger partial charge in [0, 0.05) is 43.4 Å². The minimum atomic E-state index is -4.39. The SMILES string of the molecule is CC(C)(C)OC(=O)CCN(CC(=O)N1CCc2cc(O)ccc21)C(=O)OC(C)(C)C.CC(C)c1cc(CCl)ccc1C(F)(F)F.CC(C)c1cc(CO)ccc1C(F)(F)F.CC(C)c1cc(COc2ccc3c(c2)CCN3C(=O)CNCCC(=O)O)ccc1C(F)(F)F. The van der Waals surface area contributed by atoms with Crippen LogP contribution in [0.3, 0.4) is 0 Å². The number of aliphatic hydroxyl groups excluding tert-OH is 1. The van der Waals surface area contributed by atoms with Crippen molar-refractivity contribution >= 4 is 52.8 Å². The van der Waals surface area contributed by atoms with Crippen LogP contribution in [-0.4, -0.2) is 101 Å². The molecule has 2 aliphatic heterocycles. The first-order valence-corrected chi connectivity index (χ1v) is 30.6. The number of nitrogens with zero attached hydrogens (tertiary/aromatic N) is 3. The van der Waals surface area contributed by atoms with Crippen LogP contribution >= 0.6 is 11.6 Å². The lowest BCUT2D eigenvalue weighted by atomic mass is 9.95. The molecule has 0 aliphatic carbocycles. The van der Waals surface area contributed by atoms with Crippen LogP contribution in [0.4, 0.5) is 55.7 Å². The second-order valence-electron chi connectivity index (χ2n) is 25.1. The van der Waals surface area contributed by atoms with Crippen LogP contribution in [0.1, 0.15) is 175 Å². The van der Waals surface area contributed by atoms with Gasteiger partial charge in [0.1, 0.15) is 35.9 Å². The Morgan fingerprint density at radius 1 is 0.591 bits per heavy atom. The highest BCUT2D eigenvalue weighted by atomic mass is 35.5. The first-order valence-electron chi connectivity index (χ1n) is 30.1. The molecule has 25 heteroatoms. The van der Waals surface area contributed by atoms with Gasteiger partial charge >= 0.3 is 36.6 Å². The fourth-order valence-electron chi connectivity index (χ4n) is 9.77. The average molecular weight is 1340 g/mol. The second kappa shape index (κ2) is 33.5. The maximum absolute atomic E-state index is 13.2. The quantitative estimate of drug-likeness (QED) is 0.0281. The normalized spacial score (nSPS) is 13.1. The summed E-state index contributed by atoms with van der Waals surface area (Å²) in [5.74, 6) is -1.49. The lowest BCUT2D eigenvalue weighted by molar-refractivity contribution is -0.155. The number of nitrogens with one attached hydrogen (secondary N) is 1. The predicted octanol–water partition coefficient (Wildman–Crippen LogP) is 15.5. The molecule has 0 bridgehead atoms. The van der Waals surface area contributed by atoms with E-state index in [1.165, 1.54) is 41.3 Å². The second-order valence-corrected chi connectivity index (χ2v) is 25.3. The summed E-state index contributed by atoms with van der Waals surface area (Å²) in [7, 11) is 0. The van der Waals surface area contributed by atoms with E-state index in [-0.39, 0.29) is 105 Å². The number of alkyl halides is 10. The number of amides is 3. The van der Waals surface area contributed by atoms with Gasteiger partial charge in [-0.1, -0.05) is 77.9 Å². The van der Waals surface area contributed by atoms with E-state index in [4.69, 9.17) is 36.0 Å². The van der Waals surface area contributed by atoms with Crippen molar-refractivity contribution in [1.82, 2.24) is 10.2 Å². The van der Waals surface area contributed by atoms with Crippen LogP contribution in [0.15, 0.2) is 91.0 Å². The standard InChI is InChI=1S/C24H27F3N2O4.C22H32N2O6.C11H12ClF3.C11H13F3O/c1-15(2)19-11-16(3-5-20(19)24(25,26)27)14-33-18-4-6-21-17(12-18)8-10-29(21)22(30)13-28-9-7-23(31)32;1-21(2,3)29-19(27)10-11-23(20(28)30-22(4,5)6)14-18(26)24-12-9-15-13-16(25)7-8-17(15)24;1-7(2)9-5-8(6-12)3-4-10(9)11(13,14)15;1-7(2)9-5-8(6-15)3-4-10(9)11(12,13)14/h3-6,11-12,15,28H,7-10,13-14H2,1-2H3,(H,31,32);7-8,13,25H,9-12,14H2,1-6H3;3-5,7H,6H2,1-2H3;3-5,7,15H,6H2,1-2H3. The molecule has 0 fully saturated rings. The van der Waals surface area contributed by atoms with Gasteiger partial charge in [-0.25, -0.2) is 4.79 Å². The molecule has 0 aromatic heterocycles. The zero-order chi connectivity index (χ0) is 70.1. The van der Waals surface area contributed by atoms with Gasteiger partial charge in [-0.3, -0.25) is 24.1 Å². The summed E-state index contributed by atoms with van der Waals surface area (Å²) in [6.07, 6.45) is -12.5. The summed E-state index contributed by atoms with van der Waals surface area (Å²) in [5.41, 5.74) is 2.80. The van der Waals surface area contributed by atoms with E-state index in [1.807, 2.05) is 6.07 Å². The van der Waals surface area contributed by atoms with Gasteiger partial charge in [-0.2, -0.15) is 39.5 Å². The summed E-state index contributed by atoms with van der Waals surface area (Å²) in [4.78, 5) is 65.1. The Hall–Kier alpha value is -7.57. The molecular weight excluding hydrogens is 1260 g/mol. The van der Waals surface area contributed by atoms with E-state index in [9.17, 15) is 68.6 Å². The van der Waals surface area contributed by atoms with Crippen molar-refractivity contribution < 1.29 is 93.0 Å². The number of carboxylic acid groups (broad SMARTS) is 1. The number of halogens is 10. The van der Waals surface area contributed by atoms with Crippen LogP contribution in [0.2, 0.25) is 0 Å². The van der Waals surface area contributed by atoms with Gasteiger partial charge in [0.15, 0.2) is 0 Å². The maximum Gasteiger partial charge on any atom is 0.416 e. The molecule has 4 N–H and O–H groups in total. The van der Waals surface area contributed by atoms with Crippen molar-refractivity contribution in [3.05, 3.63) is 152 Å². The van der Waals surface area contributed by atoms with Crippen molar-refractivity contribution in [2.24, 2.45) is 0 Å². The fourth-order valence-corrected chi connectivity index (χ4v) is 9.94. The Balaban J connectivity index is 0.000000280. The predicted molar refractivity (Wildman–Crippen MR) is 336 cm³/mol. The number of aliphatic hydroxyl groups is 1. The number of esters is 1. The first-order chi connectivity index (χ1) is 43.0. The monoisotopic (exact) mass is 1340 g/mol. The van der Waals surface area contributed by atoms with Crippen molar-refractivity contribution in [2.45, 2.75) is 175 Å². The number of ether oxygens (including phenoxy) is 3. The summed E-state index contributed by atoms with van der Waals surface area (Å²) < 4.78 is 132. The van der Waals surface area contributed by atoms with Crippen LogP contribution in [0, 0.1) is 0 Å². The molecule has 15 nitrogen and oxygen atoms in total. The Labute approximate surface area is 542 Å². The number of phenolic OH excluding ortho intramolecular Hbond substituents is 1. The van der Waals surface area contributed by atoms with Crippen molar-refractivity contribution in [3.63, 3.8) is 0 Å². The molecule has 0 spiro atoms. The van der Waals surface area contributed by atoms with Crippen LogP contribution in [0.5, 0.6) is 11.5 Å². The third-order valence-electron chi connectivity index (χ3n) is 14.2. The number of hydrogen-bond acceptors (Lipinski definition) is 11. The van der Waals surface area contributed by atoms with Gasteiger partial charge in [0.25, 0.3) is 0 Å². The Bertz CT molecular complexity index is 3290. The van der Waals surface area contributed by atoms with E-state index >= 15 is 0 Å². The highest BCUT2D eigenvalue weighted by Crippen LogP contribution is 2.39. The molecule has 5 aromatic rings. The maximum atomic E-state index is 13.2. The van der Waals surface area contributed by atoms with E-state index < -0.39 is 64.5 Å². The van der Waals surface area contributed by atoms with Crippen LogP contribution in [0.25, 0.3) is 0 Å². The minimum absolute atomic E-state index is 0.00580. The Morgan fingerprint density at radius 3 is 1.51 bits per heavy atom. The number of carboxylic acids is 1. The first kappa shape index (κ1) is 77.9. The number of aliphatic carboxylic acids is 1. The molecule has 0 unspecified atom stereocenters. The largest absolute Gasteiger partial charge is 0.508 e. The lowest BCUT2D eigenvalue weighted by Crippen LogP contribution is -2.45. The number of rotatable bonds is 18. The highest BCUT2D eigenvalue weighted by molar-refractivity contribution is 6.17. The number of carbonyl (C=O) groups excluding carboxylic acids is 4. The molecular formula is C68H84ClF9N4O11. The number of hydrogen-bond donors (Lipinski definition) is 4. The molecule has 3 amide bonds. The zero-order valence-electron chi connectivity index (χ0n) is 54.3. The molecule has 512 valence electrons. The lowest BCUT2D eigenvalue weighted by Gasteiger charge is -2.29. The molecule has 0 saturated heterocycles. The van der Waals surface area contributed by atoms with Crippen molar-refractivity contribution in [3.8, 4) is 11.5 Å². The Morgan fingerprint density at radius 2 is 1.04 bits per heavy atom. The van der Waals surface area contributed by atoms with Crippen molar-refractivity contribution in [2.75, 3.05) is 49.1 Å². The van der Waals surface area contributed by atoms with Gasteiger partial charge in [-0.05, 0) is 171 Å². The summed E-state index contributed by atoms with van der Waals surface area (Å²) in [6.45, 7) is 21.8. The van der Waals surface area contributed by atoms with E-state index in [1.54, 1.807) is 123 Å². The number of anilines is 2. The number of benzene rings is 5. The Kier molecular flexibility index (Phi) is 28.1. The number of fused-ring (bicyclic) bond motifs is 2. The molecule has 2 heterocycles. The number of carbonyl (C=O) groups is 5. The van der Waals surface area contributed by atoms with Gasteiger partial charge in [0.2, 0.25) is 11.8 Å². The van der Waals surface area contributed by atoms with E-state index in [2.05, 4.69) is 5.32 Å². The average Bonchev–Trinajstić information content (AvgIpc) is 1.81. The summed E-state index contributed by atoms with van der Waals surface area (Å²) in [5, 5.41) is 30.0. The number of phenols is 1. The topological polar surface area (TPSA) is 195 Å². The van der Waals surface area contributed by atoms with E-state index in [0.717, 1.165) is 35.0 Å². The molecule has 0 radical (unpaired) electrons. The molecule has 93 heavy (non-hydrogen) atoms. The van der Waals surface area contributed by atoms with Crippen LogP contribution < -0.4 is 19.9 Å². The molecule has 0 atom stereocenters. The molecule has 5 aromatic carbocycles. The molecule has 7 rings (SSSR count). The molecule has 2 aliphatic rings. The summed E-state index contributed by atoms with van der Waals surface area (Å²) in [6, 6.07) is 22.1. The van der Waals surface area contributed by atoms with E-state index in [0.29, 0.717) is 59.6 Å². The van der Waals surface area contributed by atoms with Gasteiger partial charge in [0.05, 0.1) is 42.7 Å². The third-order valence-corrected chi connectivity index (χ3v) is 14.5. The van der Waals surface area contributed by atoms with Gasteiger partial charge in [-0.15, -0.1) is 11.6 Å². The third kappa shape index (κ3) is 24.7. The zero-order valence-corrected chi connectivity index (χ0v) is 55.1. The van der Waals surface area contributed by atoms with Crippen LogP contribution in [-0.2, 0) is 79.1 Å². The fraction of sp³-hybridized carbons (Fsp3) is 0.485. The summed E-state index contributed by atoms with van der Waals surface area (Å²) >= 11 is 5.59. The number of aromatic hydroxyl groups is 1. The van der Waals surface area contributed by atoms with Crippen molar-refractivity contribution in [1.29, 1.82) is 0 Å². The van der Waals surface area contributed by atoms with Gasteiger partial charge < -0.3 is 44.6 Å².